The quantitative estimate of drug-likeness (QED) is 0.711. The van der Waals surface area contributed by atoms with E-state index in [1.165, 1.54) is 37.9 Å². The standard InChI is InChI=1S/C14H19N/c1-2-5-12(6-3-1)9-15-10-13-7-4-8-14(13)11-15/h1-3,5-6,13-14H,4,7-11H2/t13-,14-/m1/s1. The molecule has 0 unspecified atom stereocenters. The molecule has 2 atom stereocenters. The molecule has 1 saturated heterocycles. The van der Waals surface area contributed by atoms with E-state index in [1.54, 1.807) is 0 Å². The zero-order valence-corrected chi connectivity index (χ0v) is 9.23. The SMILES string of the molecule is c1ccc(CN2C[C@H]3CCC[C@@H]3C2)cc1. The van der Waals surface area contributed by atoms with Crippen molar-refractivity contribution < 1.29 is 0 Å². The highest BCUT2D eigenvalue weighted by Gasteiger charge is 2.35. The van der Waals surface area contributed by atoms with Crippen molar-refractivity contribution in [1.29, 1.82) is 0 Å². The molecule has 1 aromatic carbocycles. The smallest absolute Gasteiger partial charge is 0.0233 e. The number of likely N-dealkylation sites (tertiary alicyclic amines) is 1. The molecule has 0 bridgehead atoms. The molecule has 15 heavy (non-hydrogen) atoms. The van der Waals surface area contributed by atoms with Crippen molar-refractivity contribution in [2.45, 2.75) is 25.8 Å². The van der Waals surface area contributed by atoms with Gasteiger partial charge >= 0.3 is 0 Å². The van der Waals surface area contributed by atoms with Gasteiger partial charge in [-0.05, 0) is 30.2 Å². The van der Waals surface area contributed by atoms with Gasteiger partial charge in [0.2, 0.25) is 0 Å². The molecule has 1 heteroatoms. The summed E-state index contributed by atoms with van der Waals surface area (Å²) in [5.41, 5.74) is 1.47. The second-order valence-corrected chi connectivity index (χ2v) is 5.13. The van der Waals surface area contributed by atoms with E-state index in [2.05, 4.69) is 35.2 Å². The number of hydrogen-bond acceptors (Lipinski definition) is 1. The maximum absolute atomic E-state index is 2.64. The summed E-state index contributed by atoms with van der Waals surface area (Å²) in [5.74, 6) is 2.04. The molecule has 0 N–H and O–H groups in total. The Kier molecular flexibility index (Phi) is 2.49. The normalized spacial score (nSPS) is 30.7. The molecular formula is C14H19N. The first kappa shape index (κ1) is 9.41. The predicted molar refractivity (Wildman–Crippen MR) is 62.6 cm³/mol. The number of nitrogens with zero attached hydrogens (tertiary/aromatic N) is 1. The lowest BCUT2D eigenvalue weighted by molar-refractivity contribution is 0.303. The summed E-state index contributed by atoms with van der Waals surface area (Å²) in [6.07, 6.45) is 4.44. The molecule has 1 nitrogen and oxygen atoms in total. The minimum Gasteiger partial charge on any atom is -0.299 e. The van der Waals surface area contributed by atoms with E-state index in [4.69, 9.17) is 0 Å². The summed E-state index contributed by atoms with van der Waals surface area (Å²) < 4.78 is 0. The minimum atomic E-state index is 1.02. The van der Waals surface area contributed by atoms with Crippen molar-refractivity contribution in [1.82, 2.24) is 4.90 Å². The molecule has 0 aromatic heterocycles. The monoisotopic (exact) mass is 201 g/mol. The summed E-state index contributed by atoms with van der Waals surface area (Å²) in [4.78, 5) is 2.64. The fourth-order valence-corrected chi connectivity index (χ4v) is 3.30. The predicted octanol–water partition coefficient (Wildman–Crippen LogP) is 2.92. The molecule has 1 aliphatic carbocycles. The van der Waals surface area contributed by atoms with E-state index < -0.39 is 0 Å². The average Bonchev–Trinajstić information content (AvgIpc) is 2.79. The molecule has 2 fully saturated rings. The van der Waals surface area contributed by atoms with E-state index in [0.717, 1.165) is 18.4 Å². The zero-order valence-electron chi connectivity index (χ0n) is 9.23. The Morgan fingerprint density at radius 3 is 2.33 bits per heavy atom. The Bertz CT molecular complexity index is 307. The van der Waals surface area contributed by atoms with E-state index in [0.29, 0.717) is 0 Å². The van der Waals surface area contributed by atoms with Gasteiger partial charge < -0.3 is 0 Å². The minimum absolute atomic E-state index is 1.02. The van der Waals surface area contributed by atoms with Gasteiger partial charge in [0.25, 0.3) is 0 Å². The van der Waals surface area contributed by atoms with Crippen LogP contribution >= 0.6 is 0 Å². The Balaban J connectivity index is 1.62. The summed E-state index contributed by atoms with van der Waals surface area (Å²) in [6, 6.07) is 10.9. The second kappa shape index (κ2) is 3.97. The lowest BCUT2D eigenvalue weighted by Crippen LogP contribution is -2.20. The van der Waals surface area contributed by atoms with Crippen molar-refractivity contribution in [3.8, 4) is 0 Å². The van der Waals surface area contributed by atoms with Crippen molar-refractivity contribution in [2.75, 3.05) is 13.1 Å². The van der Waals surface area contributed by atoms with Gasteiger partial charge in [-0.1, -0.05) is 36.8 Å². The average molecular weight is 201 g/mol. The topological polar surface area (TPSA) is 3.24 Å². The molecule has 0 spiro atoms. The largest absolute Gasteiger partial charge is 0.299 e. The molecule has 1 aliphatic heterocycles. The van der Waals surface area contributed by atoms with Crippen molar-refractivity contribution >= 4 is 0 Å². The summed E-state index contributed by atoms with van der Waals surface area (Å²) in [5, 5.41) is 0. The highest BCUT2D eigenvalue weighted by Crippen LogP contribution is 2.38. The van der Waals surface area contributed by atoms with Gasteiger partial charge in [0.15, 0.2) is 0 Å². The van der Waals surface area contributed by atoms with Crippen molar-refractivity contribution in [3.63, 3.8) is 0 Å². The Labute approximate surface area is 92.1 Å². The van der Waals surface area contributed by atoms with Crippen LogP contribution in [0.2, 0.25) is 0 Å². The first-order chi connectivity index (χ1) is 7.42. The lowest BCUT2D eigenvalue weighted by Gasteiger charge is -2.16. The van der Waals surface area contributed by atoms with Gasteiger partial charge in [-0.3, -0.25) is 4.90 Å². The molecule has 2 aliphatic rings. The van der Waals surface area contributed by atoms with Crippen LogP contribution in [0.15, 0.2) is 30.3 Å². The fourth-order valence-electron chi connectivity index (χ4n) is 3.30. The number of hydrogen-bond donors (Lipinski definition) is 0. The fraction of sp³-hybridized carbons (Fsp3) is 0.571. The Morgan fingerprint density at radius 1 is 1.00 bits per heavy atom. The summed E-state index contributed by atoms with van der Waals surface area (Å²) in [6.45, 7) is 3.85. The van der Waals surface area contributed by atoms with E-state index in [9.17, 15) is 0 Å². The molecule has 80 valence electrons. The number of rotatable bonds is 2. The summed E-state index contributed by atoms with van der Waals surface area (Å²) >= 11 is 0. The first-order valence-electron chi connectivity index (χ1n) is 6.18. The Hall–Kier alpha value is -0.820. The van der Waals surface area contributed by atoms with Crippen LogP contribution in [0.1, 0.15) is 24.8 Å². The van der Waals surface area contributed by atoms with Crippen LogP contribution in [-0.4, -0.2) is 18.0 Å². The molecule has 1 heterocycles. The van der Waals surface area contributed by atoms with Crippen LogP contribution in [0.25, 0.3) is 0 Å². The van der Waals surface area contributed by atoms with Crippen molar-refractivity contribution in [2.24, 2.45) is 11.8 Å². The highest BCUT2D eigenvalue weighted by atomic mass is 15.2. The molecule has 1 aromatic rings. The van der Waals surface area contributed by atoms with Crippen LogP contribution in [-0.2, 0) is 6.54 Å². The second-order valence-electron chi connectivity index (χ2n) is 5.13. The van der Waals surface area contributed by atoms with Gasteiger partial charge in [0, 0.05) is 19.6 Å². The third-order valence-electron chi connectivity index (χ3n) is 4.05. The third-order valence-corrected chi connectivity index (χ3v) is 4.05. The molecule has 3 rings (SSSR count). The number of fused-ring (bicyclic) bond motifs is 1. The van der Waals surface area contributed by atoms with Gasteiger partial charge in [-0.15, -0.1) is 0 Å². The van der Waals surface area contributed by atoms with Gasteiger partial charge in [-0.25, -0.2) is 0 Å². The van der Waals surface area contributed by atoms with Gasteiger partial charge in [0.1, 0.15) is 0 Å². The molecule has 0 radical (unpaired) electrons. The van der Waals surface area contributed by atoms with Crippen LogP contribution in [0, 0.1) is 11.8 Å². The van der Waals surface area contributed by atoms with Crippen LogP contribution in [0.5, 0.6) is 0 Å². The van der Waals surface area contributed by atoms with Crippen LogP contribution in [0.4, 0.5) is 0 Å². The van der Waals surface area contributed by atoms with Crippen LogP contribution in [0.3, 0.4) is 0 Å². The zero-order chi connectivity index (χ0) is 10.1. The van der Waals surface area contributed by atoms with E-state index in [-0.39, 0.29) is 0 Å². The van der Waals surface area contributed by atoms with Gasteiger partial charge in [0.05, 0.1) is 0 Å². The highest BCUT2D eigenvalue weighted by molar-refractivity contribution is 5.14. The first-order valence-corrected chi connectivity index (χ1v) is 6.18. The van der Waals surface area contributed by atoms with Crippen molar-refractivity contribution in [3.05, 3.63) is 35.9 Å². The van der Waals surface area contributed by atoms with E-state index in [1.807, 2.05) is 0 Å². The summed E-state index contributed by atoms with van der Waals surface area (Å²) in [7, 11) is 0. The maximum Gasteiger partial charge on any atom is 0.0233 e. The molecule has 1 saturated carbocycles. The van der Waals surface area contributed by atoms with Crippen LogP contribution < -0.4 is 0 Å². The number of benzene rings is 1. The van der Waals surface area contributed by atoms with E-state index >= 15 is 0 Å². The maximum atomic E-state index is 2.64. The van der Waals surface area contributed by atoms with Gasteiger partial charge in [-0.2, -0.15) is 0 Å². The molecular weight excluding hydrogens is 182 g/mol. The lowest BCUT2D eigenvalue weighted by atomic mass is 10.0. The molecule has 0 amide bonds. The Morgan fingerprint density at radius 2 is 1.67 bits per heavy atom. The third kappa shape index (κ3) is 1.93.